The summed E-state index contributed by atoms with van der Waals surface area (Å²) in [6.45, 7) is 4.22. The van der Waals surface area contributed by atoms with E-state index in [9.17, 15) is 4.79 Å². The van der Waals surface area contributed by atoms with Crippen molar-refractivity contribution in [3.05, 3.63) is 28.2 Å². The molecule has 0 aliphatic heterocycles. The van der Waals surface area contributed by atoms with Crippen LogP contribution in [0.4, 0.5) is 0 Å². The van der Waals surface area contributed by atoms with Crippen LogP contribution in [-0.4, -0.2) is 30.3 Å². The fraction of sp³-hybridized carbons (Fsp3) is 0.500. The molecule has 0 aliphatic carbocycles. The highest BCUT2D eigenvalue weighted by Crippen LogP contribution is 2.28. The molecule has 1 rings (SSSR count). The number of ether oxygens (including phenoxy) is 1. The summed E-state index contributed by atoms with van der Waals surface area (Å²) in [6, 6.07) is 4.84. The molecule has 2 N–H and O–H groups in total. The fourth-order valence-corrected chi connectivity index (χ4v) is 2.01. The van der Waals surface area contributed by atoms with Gasteiger partial charge in [-0.1, -0.05) is 30.1 Å². The number of amides is 1. The molecule has 0 aliphatic rings. The topological polar surface area (TPSA) is 58.6 Å². The molecular weight excluding hydrogens is 301 g/mol. The molecule has 0 saturated carbocycles. The van der Waals surface area contributed by atoms with Crippen LogP contribution in [0.2, 0.25) is 10.0 Å². The number of carbonyl (C=O) groups is 1. The molecule has 0 fully saturated rings. The zero-order chi connectivity index (χ0) is 15.1. The van der Waals surface area contributed by atoms with Crippen LogP contribution in [0.5, 0.6) is 5.75 Å². The van der Waals surface area contributed by atoms with E-state index in [1.807, 2.05) is 6.92 Å². The molecule has 0 saturated heterocycles. The van der Waals surface area contributed by atoms with Gasteiger partial charge >= 0.3 is 0 Å². The van der Waals surface area contributed by atoms with E-state index in [0.29, 0.717) is 28.8 Å². The zero-order valence-corrected chi connectivity index (χ0v) is 13.0. The Kier molecular flexibility index (Phi) is 7.13. The van der Waals surface area contributed by atoms with Gasteiger partial charge in [-0.15, -0.1) is 0 Å². The van der Waals surface area contributed by atoms with Crippen LogP contribution >= 0.6 is 23.2 Å². The van der Waals surface area contributed by atoms with Crippen molar-refractivity contribution < 1.29 is 14.6 Å². The number of aliphatic hydroxyl groups excluding tert-OH is 1. The molecule has 1 amide bonds. The van der Waals surface area contributed by atoms with Crippen LogP contribution < -0.4 is 10.1 Å². The Hall–Kier alpha value is -0.970. The van der Waals surface area contributed by atoms with Crippen molar-refractivity contribution in [2.75, 3.05) is 13.2 Å². The van der Waals surface area contributed by atoms with Crippen molar-refractivity contribution in [3.8, 4) is 5.75 Å². The number of aliphatic hydroxyl groups is 1. The average molecular weight is 320 g/mol. The maximum Gasteiger partial charge on any atom is 0.260 e. The molecule has 1 aromatic rings. The lowest BCUT2D eigenvalue weighted by Gasteiger charge is -2.17. The number of benzene rings is 1. The number of carbonyl (C=O) groups excluding carboxylic acids is 1. The summed E-state index contributed by atoms with van der Waals surface area (Å²) in [5.41, 5.74) is 0. The van der Waals surface area contributed by atoms with Crippen LogP contribution in [0.25, 0.3) is 0 Å². The number of hydrogen-bond acceptors (Lipinski definition) is 3. The molecule has 4 nitrogen and oxygen atoms in total. The largest absolute Gasteiger partial charge is 0.479 e. The highest BCUT2D eigenvalue weighted by molar-refractivity contribution is 6.35. The molecule has 112 valence electrons. The van der Waals surface area contributed by atoms with E-state index in [0.717, 1.165) is 0 Å². The van der Waals surface area contributed by atoms with Gasteiger partial charge in [0.05, 0.1) is 5.02 Å². The third kappa shape index (κ3) is 5.57. The average Bonchev–Trinajstić information content (AvgIpc) is 2.39. The molecule has 2 unspecified atom stereocenters. The first-order chi connectivity index (χ1) is 9.43. The Bertz CT molecular complexity index is 454. The minimum absolute atomic E-state index is 0.115. The third-order valence-corrected chi connectivity index (χ3v) is 3.34. The third-order valence-electron chi connectivity index (χ3n) is 2.81. The second-order valence-electron chi connectivity index (χ2n) is 4.70. The molecule has 0 heterocycles. The van der Waals surface area contributed by atoms with Gasteiger partial charge in [-0.2, -0.15) is 0 Å². The maximum absolute atomic E-state index is 11.9. The number of hydrogen-bond donors (Lipinski definition) is 2. The van der Waals surface area contributed by atoms with Gasteiger partial charge in [-0.25, -0.2) is 0 Å². The van der Waals surface area contributed by atoms with Crippen molar-refractivity contribution in [3.63, 3.8) is 0 Å². The lowest BCUT2D eigenvalue weighted by molar-refractivity contribution is -0.127. The Labute approximate surface area is 129 Å². The molecule has 20 heavy (non-hydrogen) atoms. The van der Waals surface area contributed by atoms with Crippen LogP contribution in [0.15, 0.2) is 18.2 Å². The Morgan fingerprint density at radius 1 is 1.40 bits per heavy atom. The monoisotopic (exact) mass is 319 g/mol. The van der Waals surface area contributed by atoms with E-state index in [4.69, 9.17) is 33.0 Å². The lowest BCUT2D eigenvalue weighted by atomic mass is 10.1. The highest BCUT2D eigenvalue weighted by atomic mass is 35.5. The summed E-state index contributed by atoms with van der Waals surface area (Å²) in [4.78, 5) is 11.9. The van der Waals surface area contributed by atoms with Crippen molar-refractivity contribution in [2.24, 2.45) is 5.92 Å². The molecule has 0 radical (unpaired) electrons. The Morgan fingerprint density at radius 3 is 2.70 bits per heavy atom. The second-order valence-corrected chi connectivity index (χ2v) is 5.54. The van der Waals surface area contributed by atoms with E-state index in [1.165, 1.54) is 0 Å². The number of nitrogens with one attached hydrogen (secondary N) is 1. The molecule has 0 aromatic heterocycles. The first-order valence-corrected chi connectivity index (χ1v) is 7.20. The van der Waals surface area contributed by atoms with Gasteiger partial charge < -0.3 is 15.2 Å². The van der Waals surface area contributed by atoms with Crippen LogP contribution in [-0.2, 0) is 4.79 Å². The first kappa shape index (κ1) is 17.1. The molecule has 2 atom stereocenters. The fourth-order valence-electron chi connectivity index (χ4n) is 1.56. The smallest absolute Gasteiger partial charge is 0.260 e. The first-order valence-electron chi connectivity index (χ1n) is 6.44. The Morgan fingerprint density at radius 2 is 2.10 bits per heavy atom. The number of halogens is 2. The minimum Gasteiger partial charge on any atom is -0.479 e. The summed E-state index contributed by atoms with van der Waals surface area (Å²) < 4.78 is 5.50. The predicted octanol–water partition coefficient (Wildman–Crippen LogP) is 2.90. The minimum atomic E-state index is -0.657. The SMILES string of the molecule is CC(CCO)CNC(=O)C(C)Oc1ccc(Cl)cc1Cl. The molecule has 0 bridgehead atoms. The quantitative estimate of drug-likeness (QED) is 0.812. The zero-order valence-electron chi connectivity index (χ0n) is 11.5. The normalized spacial score (nSPS) is 13.7. The van der Waals surface area contributed by atoms with Gasteiger partial charge in [0.25, 0.3) is 5.91 Å². The van der Waals surface area contributed by atoms with Crippen molar-refractivity contribution in [1.29, 1.82) is 0 Å². The summed E-state index contributed by atoms with van der Waals surface area (Å²) in [7, 11) is 0. The Balaban J connectivity index is 2.49. The molecule has 1 aromatic carbocycles. The summed E-state index contributed by atoms with van der Waals surface area (Å²) in [5, 5.41) is 12.4. The van der Waals surface area contributed by atoms with Gasteiger partial charge in [-0.05, 0) is 37.5 Å². The maximum atomic E-state index is 11.9. The van der Waals surface area contributed by atoms with E-state index in [-0.39, 0.29) is 18.4 Å². The van der Waals surface area contributed by atoms with E-state index in [2.05, 4.69) is 5.32 Å². The molecular formula is C14H19Cl2NO3. The molecule has 6 heteroatoms. The van der Waals surface area contributed by atoms with Crippen LogP contribution in [0.1, 0.15) is 20.3 Å². The van der Waals surface area contributed by atoms with Gasteiger partial charge in [-0.3, -0.25) is 4.79 Å². The predicted molar refractivity (Wildman–Crippen MR) is 80.4 cm³/mol. The van der Waals surface area contributed by atoms with Crippen LogP contribution in [0, 0.1) is 5.92 Å². The van der Waals surface area contributed by atoms with E-state index < -0.39 is 6.10 Å². The van der Waals surface area contributed by atoms with E-state index >= 15 is 0 Å². The van der Waals surface area contributed by atoms with Crippen molar-refractivity contribution in [2.45, 2.75) is 26.4 Å². The van der Waals surface area contributed by atoms with Gasteiger partial charge in [0.15, 0.2) is 6.10 Å². The molecule has 0 spiro atoms. The number of rotatable bonds is 7. The van der Waals surface area contributed by atoms with E-state index in [1.54, 1.807) is 25.1 Å². The highest BCUT2D eigenvalue weighted by Gasteiger charge is 2.16. The van der Waals surface area contributed by atoms with Gasteiger partial charge in [0.1, 0.15) is 5.75 Å². The standard InChI is InChI=1S/C14H19Cl2NO3/c1-9(5-6-18)8-17-14(19)10(2)20-13-4-3-11(15)7-12(13)16/h3-4,7,9-10,18H,5-6,8H2,1-2H3,(H,17,19). The van der Waals surface area contributed by atoms with Crippen molar-refractivity contribution >= 4 is 29.1 Å². The summed E-state index contributed by atoms with van der Waals surface area (Å²) in [6.07, 6.45) is -0.00609. The summed E-state index contributed by atoms with van der Waals surface area (Å²) in [5.74, 6) is 0.415. The van der Waals surface area contributed by atoms with Gasteiger partial charge in [0.2, 0.25) is 0 Å². The summed E-state index contributed by atoms with van der Waals surface area (Å²) >= 11 is 11.8. The van der Waals surface area contributed by atoms with Gasteiger partial charge in [0, 0.05) is 18.2 Å². The van der Waals surface area contributed by atoms with Crippen molar-refractivity contribution in [1.82, 2.24) is 5.32 Å². The second kappa shape index (κ2) is 8.35. The van der Waals surface area contributed by atoms with Crippen LogP contribution in [0.3, 0.4) is 0 Å². The lowest BCUT2D eigenvalue weighted by Crippen LogP contribution is -2.38.